The number of nitrogens with two attached hydrogens (primary N) is 1. The highest BCUT2D eigenvalue weighted by atomic mass is 19.3. The molecule has 0 aliphatic heterocycles. The predicted molar refractivity (Wildman–Crippen MR) is 68.3 cm³/mol. The molecule has 1 saturated carbocycles. The molecule has 1 aromatic heterocycles. The van der Waals surface area contributed by atoms with Gasteiger partial charge >= 0.3 is 0 Å². The molecule has 0 amide bonds. The van der Waals surface area contributed by atoms with Crippen LogP contribution in [0.3, 0.4) is 0 Å². The minimum Gasteiger partial charge on any atom is -0.375 e. The molecule has 0 aromatic carbocycles. The molecule has 2 N–H and O–H groups in total. The molecular weight excluding hydrogens is 268 g/mol. The van der Waals surface area contributed by atoms with Gasteiger partial charge in [-0.3, -0.25) is 0 Å². The molecule has 7 heteroatoms. The molecule has 2 atom stereocenters. The molecule has 5 nitrogen and oxygen atoms in total. The van der Waals surface area contributed by atoms with Crippen molar-refractivity contribution in [1.29, 1.82) is 0 Å². The summed E-state index contributed by atoms with van der Waals surface area (Å²) in [5, 5.41) is 3.84. The first-order valence-electron chi connectivity index (χ1n) is 6.97. The van der Waals surface area contributed by atoms with Gasteiger partial charge in [0, 0.05) is 6.42 Å². The Kier molecular flexibility index (Phi) is 5.04. The Balaban J connectivity index is 1.88. The smallest absolute Gasteiger partial charge is 0.261 e. The van der Waals surface area contributed by atoms with Gasteiger partial charge in [-0.05, 0) is 18.8 Å². The maximum atomic E-state index is 11.9. The summed E-state index contributed by atoms with van der Waals surface area (Å²) in [7, 11) is 0. The highest BCUT2D eigenvalue weighted by molar-refractivity contribution is 5.04. The minimum absolute atomic E-state index is 0.150. The van der Waals surface area contributed by atoms with E-state index in [0.29, 0.717) is 24.1 Å². The van der Waals surface area contributed by atoms with Crippen molar-refractivity contribution < 1.29 is 18.0 Å². The van der Waals surface area contributed by atoms with Crippen molar-refractivity contribution >= 4 is 0 Å². The second kappa shape index (κ2) is 6.58. The van der Waals surface area contributed by atoms with E-state index in [-0.39, 0.29) is 6.61 Å². The van der Waals surface area contributed by atoms with E-state index in [4.69, 9.17) is 15.0 Å². The van der Waals surface area contributed by atoms with Gasteiger partial charge in [0.1, 0.15) is 6.61 Å². The number of hydrogen-bond donors (Lipinski definition) is 1. The topological polar surface area (TPSA) is 74.2 Å². The molecule has 1 fully saturated rings. The highest BCUT2D eigenvalue weighted by Crippen LogP contribution is 2.36. The largest absolute Gasteiger partial charge is 0.375 e. The second-order valence-electron chi connectivity index (χ2n) is 5.59. The number of nitrogens with zero attached hydrogens (tertiary/aromatic N) is 2. The average molecular weight is 289 g/mol. The van der Waals surface area contributed by atoms with E-state index >= 15 is 0 Å². The second-order valence-corrected chi connectivity index (χ2v) is 5.59. The highest BCUT2D eigenvalue weighted by Gasteiger charge is 2.37. The van der Waals surface area contributed by atoms with Gasteiger partial charge in [0.15, 0.2) is 5.82 Å². The van der Waals surface area contributed by atoms with Crippen molar-refractivity contribution in [3.8, 4) is 0 Å². The fraction of sp³-hybridized carbons (Fsp3) is 0.846. The number of ether oxygens (including phenoxy) is 1. The number of rotatable bonds is 6. The lowest BCUT2D eigenvalue weighted by Gasteiger charge is -2.33. The van der Waals surface area contributed by atoms with Gasteiger partial charge in [-0.25, -0.2) is 8.78 Å². The van der Waals surface area contributed by atoms with Gasteiger partial charge < -0.3 is 15.0 Å². The van der Waals surface area contributed by atoms with Crippen LogP contribution in [0.1, 0.15) is 44.3 Å². The third-order valence-electron chi connectivity index (χ3n) is 3.64. The molecular formula is C13H21F2N3O2. The van der Waals surface area contributed by atoms with Gasteiger partial charge in [0.05, 0.1) is 12.1 Å². The fourth-order valence-corrected chi connectivity index (χ4v) is 2.68. The van der Waals surface area contributed by atoms with E-state index in [0.717, 1.165) is 19.3 Å². The SMILES string of the molecule is CC1CCCC(N)(c2nc(CCOCC(F)F)no2)C1. The Hall–Kier alpha value is -1.08. The van der Waals surface area contributed by atoms with Crippen LogP contribution in [0.15, 0.2) is 4.52 Å². The van der Waals surface area contributed by atoms with E-state index in [1.807, 2.05) is 0 Å². The van der Waals surface area contributed by atoms with E-state index in [1.54, 1.807) is 0 Å². The Morgan fingerprint density at radius 1 is 1.55 bits per heavy atom. The molecule has 1 aromatic rings. The van der Waals surface area contributed by atoms with Crippen LogP contribution in [0.2, 0.25) is 0 Å². The summed E-state index contributed by atoms with van der Waals surface area (Å²) >= 11 is 0. The zero-order valence-corrected chi connectivity index (χ0v) is 11.6. The van der Waals surface area contributed by atoms with Crippen molar-refractivity contribution in [2.45, 2.75) is 51.0 Å². The molecule has 1 aliphatic carbocycles. The fourth-order valence-electron chi connectivity index (χ4n) is 2.68. The molecule has 0 saturated heterocycles. The Morgan fingerprint density at radius 2 is 2.35 bits per heavy atom. The van der Waals surface area contributed by atoms with Crippen LogP contribution in [-0.2, 0) is 16.7 Å². The van der Waals surface area contributed by atoms with Crippen molar-refractivity contribution in [2.75, 3.05) is 13.2 Å². The molecule has 1 heterocycles. The molecule has 2 rings (SSSR count). The predicted octanol–water partition coefficient (Wildman–Crippen LogP) is 2.26. The standard InChI is InChI=1S/C13H21F2N3O2/c1-9-3-2-5-13(16,7-9)12-17-11(18-20-12)4-6-19-8-10(14)15/h9-10H,2-8,16H2,1H3. The van der Waals surface area contributed by atoms with Gasteiger partial charge in [0.25, 0.3) is 6.43 Å². The Bertz CT molecular complexity index is 428. The van der Waals surface area contributed by atoms with Crippen LogP contribution in [0.4, 0.5) is 8.78 Å². The molecule has 2 unspecified atom stereocenters. The molecule has 0 radical (unpaired) electrons. The summed E-state index contributed by atoms with van der Waals surface area (Å²) < 4.78 is 33.8. The van der Waals surface area contributed by atoms with E-state index < -0.39 is 18.6 Å². The third kappa shape index (κ3) is 3.96. The van der Waals surface area contributed by atoms with Gasteiger partial charge in [-0.2, -0.15) is 4.98 Å². The Morgan fingerprint density at radius 3 is 3.05 bits per heavy atom. The van der Waals surface area contributed by atoms with Crippen LogP contribution in [0.25, 0.3) is 0 Å². The van der Waals surface area contributed by atoms with Crippen LogP contribution in [0.5, 0.6) is 0 Å². The molecule has 114 valence electrons. The van der Waals surface area contributed by atoms with Gasteiger partial charge in [-0.1, -0.05) is 24.9 Å². The zero-order valence-electron chi connectivity index (χ0n) is 11.6. The van der Waals surface area contributed by atoms with Crippen LogP contribution >= 0.6 is 0 Å². The van der Waals surface area contributed by atoms with Gasteiger partial charge in [0.2, 0.25) is 5.89 Å². The van der Waals surface area contributed by atoms with Gasteiger partial charge in [-0.15, -0.1) is 0 Å². The zero-order chi connectivity index (χ0) is 14.6. The molecule has 20 heavy (non-hydrogen) atoms. The Labute approximate surface area is 116 Å². The molecule has 0 spiro atoms. The monoisotopic (exact) mass is 289 g/mol. The maximum Gasteiger partial charge on any atom is 0.261 e. The first-order chi connectivity index (χ1) is 9.49. The average Bonchev–Trinajstić information content (AvgIpc) is 2.83. The summed E-state index contributed by atoms with van der Waals surface area (Å²) in [6, 6.07) is 0. The quantitative estimate of drug-likeness (QED) is 0.813. The lowest BCUT2D eigenvalue weighted by molar-refractivity contribution is 0.0182. The first kappa shape index (κ1) is 15.3. The summed E-state index contributed by atoms with van der Waals surface area (Å²) in [6.45, 7) is 1.75. The van der Waals surface area contributed by atoms with Crippen LogP contribution in [0, 0.1) is 5.92 Å². The van der Waals surface area contributed by atoms with Crippen molar-refractivity contribution in [1.82, 2.24) is 10.1 Å². The van der Waals surface area contributed by atoms with Crippen molar-refractivity contribution in [3.63, 3.8) is 0 Å². The molecule has 1 aliphatic rings. The summed E-state index contributed by atoms with van der Waals surface area (Å²) in [4.78, 5) is 4.29. The summed E-state index contributed by atoms with van der Waals surface area (Å²) in [5.74, 6) is 1.45. The van der Waals surface area contributed by atoms with Crippen LogP contribution < -0.4 is 5.73 Å². The summed E-state index contributed by atoms with van der Waals surface area (Å²) in [5.41, 5.74) is 5.80. The van der Waals surface area contributed by atoms with Crippen LogP contribution in [-0.4, -0.2) is 29.8 Å². The first-order valence-corrected chi connectivity index (χ1v) is 6.97. The number of aromatic nitrogens is 2. The van der Waals surface area contributed by atoms with Crippen molar-refractivity contribution in [3.05, 3.63) is 11.7 Å². The summed E-state index contributed by atoms with van der Waals surface area (Å²) in [6.07, 6.45) is 1.78. The normalized spacial score (nSPS) is 27.1. The molecule has 0 bridgehead atoms. The van der Waals surface area contributed by atoms with E-state index in [2.05, 4.69) is 17.1 Å². The lowest BCUT2D eigenvalue weighted by atomic mass is 9.77. The lowest BCUT2D eigenvalue weighted by Crippen LogP contribution is -2.41. The minimum atomic E-state index is -2.45. The van der Waals surface area contributed by atoms with E-state index in [1.165, 1.54) is 6.42 Å². The number of hydrogen-bond acceptors (Lipinski definition) is 5. The van der Waals surface area contributed by atoms with Crippen molar-refractivity contribution in [2.24, 2.45) is 11.7 Å². The number of halogens is 2. The third-order valence-corrected chi connectivity index (χ3v) is 3.64. The van der Waals surface area contributed by atoms with E-state index in [9.17, 15) is 8.78 Å². The number of alkyl halides is 2. The maximum absolute atomic E-state index is 11.9.